The number of aryl methyl sites for hydroxylation is 1. The fourth-order valence-electron chi connectivity index (χ4n) is 3.09. The predicted molar refractivity (Wildman–Crippen MR) is 136 cm³/mol. The second kappa shape index (κ2) is 15.4. The van der Waals surface area contributed by atoms with Crippen molar-refractivity contribution in [2.75, 3.05) is 6.54 Å². The molecular weight excluding hydrogens is 579 g/mol. The van der Waals surface area contributed by atoms with Crippen molar-refractivity contribution in [3.63, 3.8) is 0 Å². The highest BCUT2D eigenvalue weighted by Crippen LogP contribution is 2.24. The van der Waals surface area contributed by atoms with Crippen molar-refractivity contribution in [2.24, 2.45) is 0 Å². The van der Waals surface area contributed by atoms with Gasteiger partial charge in [0.05, 0.1) is 17.4 Å². The lowest BCUT2D eigenvalue weighted by atomic mass is 10.1. The Morgan fingerprint density at radius 3 is 1.88 bits per heavy atom. The molecule has 0 bridgehead atoms. The number of imidazole rings is 1. The van der Waals surface area contributed by atoms with Crippen molar-refractivity contribution in [2.45, 2.75) is 31.7 Å². The second-order valence-corrected chi connectivity index (χ2v) is 8.34. The average molecular weight is 603 g/mol. The van der Waals surface area contributed by atoms with E-state index in [1.165, 1.54) is 17.7 Å². The molecule has 0 aliphatic carbocycles. The molecule has 0 saturated heterocycles. The minimum absolute atomic E-state index is 0.184. The lowest BCUT2D eigenvalue weighted by Gasteiger charge is -2.08. The highest BCUT2D eigenvalue weighted by atomic mass is 19.4. The lowest BCUT2D eigenvalue weighted by molar-refractivity contribution is -0.193. The zero-order valence-corrected chi connectivity index (χ0v) is 21.5. The summed E-state index contributed by atoms with van der Waals surface area (Å²) < 4.78 is 82.3. The Balaban J connectivity index is 0.000000367. The van der Waals surface area contributed by atoms with Gasteiger partial charge in [-0.25, -0.2) is 19.0 Å². The molecule has 42 heavy (non-hydrogen) atoms. The predicted octanol–water partition coefficient (Wildman–Crippen LogP) is 6.48. The van der Waals surface area contributed by atoms with Gasteiger partial charge in [-0.1, -0.05) is 24.3 Å². The number of alkyl halides is 6. The Morgan fingerprint density at radius 1 is 0.810 bits per heavy atom. The van der Waals surface area contributed by atoms with E-state index in [9.17, 15) is 30.7 Å². The van der Waals surface area contributed by atoms with Crippen LogP contribution < -0.4 is 10.1 Å². The topological polar surface area (TPSA) is 125 Å². The number of fused-ring (bicyclic) bond motifs is 1. The number of aliphatic carboxylic acids is 2. The summed E-state index contributed by atoms with van der Waals surface area (Å²) in [6, 6.07) is 20.6. The van der Waals surface area contributed by atoms with Crippen LogP contribution >= 0.6 is 0 Å². The van der Waals surface area contributed by atoms with E-state index in [0.29, 0.717) is 0 Å². The van der Waals surface area contributed by atoms with Crippen LogP contribution in [-0.2, 0) is 22.6 Å². The average Bonchev–Trinajstić information content (AvgIpc) is 3.38. The summed E-state index contributed by atoms with van der Waals surface area (Å²) in [5.74, 6) is -4.11. The van der Waals surface area contributed by atoms with Crippen LogP contribution in [-0.4, -0.2) is 51.0 Å². The molecule has 4 rings (SSSR count). The second-order valence-electron chi connectivity index (χ2n) is 8.34. The normalized spacial score (nSPS) is 11.1. The molecule has 226 valence electrons. The van der Waals surface area contributed by atoms with E-state index in [1.807, 2.05) is 42.5 Å². The van der Waals surface area contributed by atoms with Crippen LogP contribution in [0.2, 0.25) is 0 Å². The molecule has 0 atom stereocenters. The van der Waals surface area contributed by atoms with Crippen molar-refractivity contribution in [1.82, 2.24) is 15.3 Å². The minimum atomic E-state index is -5.08. The number of carboxylic acids is 2. The fourth-order valence-corrected chi connectivity index (χ4v) is 3.09. The molecule has 8 nitrogen and oxygen atoms in total. The van der Waals surface area contributed by atoms with Crippen LogP contribution in [0.15, 0.2) is 73.1 Å². The first-order valence-electron chi connectivity index (χ1n) is 11.9. The van der Waals surface area contributed by atoms with Gasteiger partial charge < -0.3 is 25.3 Å². The number of halogens is 7. The lowest BCUT2D eigenvalue weighted by Crippen LogP contribution is -2.21. The van der Waals surface area contributed by atoms with E-state index in [2.05, 4.69) is 27.4 Å². The Morgan fingerprint density at radius 2 is 1.33 bits per heavy atom. The monoisotopic (exact) mass is 603 g/mol. The van der Waals surface area contributed by atoms with Gasteiger partial charge >= 0.3 is 24.3 Å². The van der Waals surface area contributed by atoms with E-state index in [4.69, 9.17) is 24.5 Å². The SMILES string of the molecule is Fc1ccc(CCCNCc2ccc(Oc3ccc4nc[nH]c4c3)cc2)cc1.O=C(O)C(F)(F)F.O=C(O)C(F)(F)F. The summed E-state index contributed by atoms with van der Waals surface area (Å²) in [5, 5.41) is 17.7. The molecule has 15 heteroatoms. The molecule has 4 N–H and O–H groups in total. The third-order valence-electron chi connectivity index (χ3n) is 5.10. The highest BCUT2D eigenvalue weighted by Gasteiger charge is 2.38. The van der Waals surface area contributed by atoms with Gasteiger partial charge in [-0.15, -0.1) is 0 Å². The zero-order chi connectivity index (χ0) is 31.3. The number of aromatic amines is 1. The summed E-state index contributed by atoms with van der Waals surface area (Å²) in [7, 11) is 0. The molecule has 4 aromatic rings. The van der Waals surface area contributed by atoms with Crippen molar-refractivity contribution >= 4 is 23.0 Å². The molecule has 0 saturated carbocycles. The van der Waals surface area contributed by atoms with Crippen LogP contribution in [0, 0.1) is 5.82 Å². The molecule has 3 aromatic carbocycles. The number of carboxylic acid groups (broad SMARTS) is 2. The van der Waals surface area contributed by atoms with Crippen LogP contribution in [0.5, 0.6) is 11.5 Å². The zero-order valence-electron chi connectivity index (χ0n) is 21.5. The minimum Gasteiger partial charge on any atom is -0.475 e. The first-order valence-corrected chi connectivity index (χ1v) is 11.9. The number of rotatable bonds is 8. The summed E-state index contributed by atoms with van der Waals surface area (Å²) in [6.07, 6.45) is -6.53. The maximum Gasteiger partial charge on any atom is 0.490 e. The van der Waals surface area contributed by atoms with E-state index in [0.717, 1.165) is 54.0 Å². The van der Waals surface area contributed by atoms with Crippen molar-refractivity contribution in [3.05, 3.63) is 90.0 Å². The van der Waals surface area contributed by atoms with Gasteiger partial charge in [0.1, 0.15) is 17.3 Å². The third-order valence-corrected chi connectivity index (χ3v) is 5.10. The number of aromatic nitrogens is 2. The summed E-state index contributed by atoms with van der Waals surface area (Å²) in [5.41, 5.74) is 4.25. The number of hydrogen-bond donors (Lipinski definition) is 4. The van der Waals surface area contributed by atoms with E-state index in [-0.39, 0.29) is 5.82 Å². The molecule has 1 heterocycles. The molecule has 0 spiro atoms. The number of hydrogen-bond acceptors (Lipinski definition) is 5. The van der Waals surface area contributed by atoms with Gasteiger partial charge in [0.2, 0.25) is 0 Å². The van der Waals surface area contributed by atoms with Gasteiger partial charge in [-0.3, -0.25) is 0 Å². The number of benzene rings is 3. The molecule has 0 radical (unpaired) electrons. The molecule has 0 amide bonds. The Kier molecular flexibility index (Phi) is 12.3. The summed E-state index contributed by atoms with van der Waals surface area (Å²) in [6.45, 7) is 1.73. The molecular formula is C27H24F7N3O5. The van der Waals surface area contributed by atoms with Gasteiger partial charge in [0, 0.05) is 12.6 Å². The van der Waals surface area contributed by atoms with Crippen LogP contribution in [0.1, 0.15) is 17.5 Å². The van der Waals surface area contributed by atoms with Crippen LogP contribution in [0.3, 0.4) is 0 Å². The standard InChI is InChI=1S/C23H22FN3O.2C2HF3O2/c24-19-7-3-17(4-8-19)2-1-13-25-15-18-5-9-20(10-6-18)28-21-11-12-22-23(14-21)27-16-26-22;2*3-2(4,5)1(6)7/h3-12,14,16,25H,1-2,13,15H2,(H,26,27);2*(H,6,7). The highest BCUT2D eigenvalue weighted by molar-refractivity contribution is 5.76. The Bertz CT molecular complexity index is 1400. The number of carbonyl (C=O) groups is 2. The van der Waals surface area contributed by atoms with Gasteiger partial charge in [-0.2, -0.15) is 26.3 Å². The van der Waals surface area contributed by atoms with Gasteiger partial charge in [0.15, 0.2) is 0 Å². The molecule has 0 aliphatic rings. The number of nitrogens with zero attached hydrogens (tertiary/aromatic N) is 1. The van der Waals surface area contributed by atoms with E-state index >= 15 is 0 Å². The van der Waals surface area contributed by atoms with Crippen LogP contribution in [0.25, 0.3) is 11.0 Å². The first kappa shape index (κ1) is 33.5. The van der Waals surface area contributed by atoms with E-state index < -0.39 is 24.3 Å². The maximum absolute atomic E-state index is 12.9. The smallest absolute Gasteiger partial charge is 0.475 e. The van der Waals surface area contributed by atoms with Crippen molar-refractivity contribution < 1.29 is 55.3 Å². The number of ether oxygens (including phenoxy) is 1. The first-order chi connectivity index (χ1) is 19.6. The van der Waals surface area contributed by atoms with E-state index in [1.54, 1.807) is 6.33 Å². The van der Waals surface area contributed by atoms with Crippen molar-refractivity contribution in [1.29, 1.82) is 0 Å². The summed E-state index contributed by atoms with van der Waals surface area (Å²) >= 11 is 0. The number of nitrogens with one attached hydrogen (secondary N) is 2. The molecule has 0 aliphatic heterocycles. The molecule has 1 aromatic heterocycles. The third kappa shape index (κ3) is 12.2. The van der Waals surface area contributed by atoms with Gasteiger partial charge in [0.25, 0.3) is 0 Å². The molecule has 0 fully saturated rings. The fraction of sp³-hybridized carbons (Fsp3) is 0.222. The Hall–Kier alpha value is -4.66. The quantitative estimate of drug-likeness (QED) is 0.134. The number of H-pyrrole nitrogens is 1. The largest absolute Gasteiger partial charge is 0.490 e. The maximum atomic E-state index is 12.9. The Labute approximate surface area is 233 Å². The molecule has 0 unspecified atom stereocenters. The summed E-state index contributed by atoms with van der Waals surface area (Å²) in [4.78, 5) is 25.1. The van der Waals surface area contributed by atoms with Gasteiger partial charge in [-0.05, 0) is 66.9 Å². The van der Waals surface area contributed by atoms with Crippen molar-refractivity contribution in [3.8, 4) is 11.5 Å². The van der Waals surface area contributed by atoms with Crippen LogP contribution in [0.4, 0.5) is 30.7 Å².